The summed E-state index contributed by atoms with van der Waals surface area (Å²) in [5.74, 6) is -1.37. The number of hydrogen-bond acceptors (Lipinski definition) is 3. The van der Waals surface area contributed by atoms with E-state index in [1.807, 2.05) is 0 Å². The van der Waals surface area contributed by atoms with Gasteiger partial charge in [-0.15, -0.1) is 0 Å². The van der Waals surface area contributed by atoms with Crippen LogP contribution in [0.3, 0.4) is 0 Å². The van der Waals surface area contributed by atoms with Gasteiger partial charge in [0.25, 0.3) is 0 Å². The normalized spacial score (nSPS) is 11.8. The van der Waals surface area contributed by atoms with Crippen molar-refractivity contribution in [1.29, 1.82) is 0 Å². The average Bonchev–Trinajstić information content (AvgIpc) is 2.63. The molecular formula is C9H3ClF4N2S. The first kappa shape index (κ1) is 12.3. The highest BCUT2D eigenvalue weighted by Crippen LogP contribution is 2.36. The summed E-state index contributed by atoms with van der Waals surface area (Å²) >= 11 is 6.17. The number of halogens is 5. The van der Waals surface area contributed by atoms with Crippen molar-refractivity contribution in [2.75, 3.05) is 0 Å². The molecule has 0 saturated carbocycles. The molecule has 1 aromatic carbocycles. The molecule has 1 aromatic heterocycles. The van der Waals surface area contributed by atoms with E-state index >= 15 is 0 Å². The SMILES string of the molecule is Fc1c(-c2nc(Cl)ns2)cccc1C(F)(F)F. The Morgan fingerprint density at radius 2 is 1.94 bits per heavy atom. The lowest BCUT2D eigenvalue weighted by Crippen LogP contribution is -2.08. The van der Waals surface area contributed by atoms with Crippen molar-refractivity contribution in [3.63, 3.8) is 0 Å². The van der Waals surface area contributed by atoms with Crippen LogP contribution in [-0.2, 0) is 6.18 Å². The van der Waals surface area contributed by atoms with Crippen LogP contribution >= 0.6 is 23.1 Å². The zero-order chi connectivity index (χ0) is 12.6. The number of aromatic nitrogens is 2. The van der Waals surface area contributed by atoms with E-state index in [9.17, 15) is 17.6 Å². The summed E-state index contributed by atoms with van der Waals surface area (Å²) in [5.41, 5.74) is -1.59. The van der Waals surface area contributed by atoms with Gasteiger partial charge in [0.2, 0.25) is 5.28 Å². The van der Waals surface area contributed by atoms with Gasteiger partial charge in [0.1, 0.15) is 10.8 Å². The van der Waals surface area contributed by atoms with E-state index in [0.717, 1.165) is 17.6 Å². The highest BCUT2D eigenvalue weighted by Gasteiger charge is 2.35. The van der Waals surface area contributed by atoms with Gasteiger partial charge in [-0.1, -0.05) is 6.07 Å². The third kappa shape index (κ3) is 2.39. The van der Waals surface area contributed by atoms with Gasteiger partial charge >= 0.3 is 6.18 Å². The van der Waals surface area contributed by atoms with Crippen molar-refractivity contribution >= 4 is 23.1 Å². The minimum Gasteiger partial charge on any atom is -0.206 e. The fourth-order valence-corrected chi connectivity index (χ4v) is 2.06. The molecule has 0 aliphatic heterocycles. The van der Waals surface area contributed by atoms with Crippen molar-refractivity contribution in [2.45, 2.75) is 6.18 Å². The second kappa shape index (κ2) is 4.23. The Bertz CT molecular complexity index is 552. The van der Waals surface area contributed by atoms with Crippen LogP contribution in [0.5, 0.6) is 0 Å². The van der Waals surface area contributed by atoms with Crippen LogP contribution < -0.4 is 0 Å². The zero-order valence-corrected chi connectivity index (χ0v) is 9.50. The monoisotopic (exact) mass is 282 g/mol. The van der Waals surface area contributed by atoms with Crippen molar-refractivity contribution in [3.8, 4) is 10.6 Å². The molecule has 0 unspecified atom stereocenters. The molecule has 0 atom stereocenters. The summed E-state index contributed by atoms with van der Waals surface area (Å²) in [4.78, 5) is 3.63. The lowest BCUT2D eigenvalue weighted by molar-refractivity contribution is -0.139. The highest BCUT2D eigenvalue weighted by atomic mass is 35.5. The summed E-state index contributed by atoms with van der Waals surface area (Å²) in [7, 11) is 0. The predicted molar refractivity (Wildman–Crippen MR) is 55.3 cm³/mol. The fourth-order valence-electron chi connectivity index (χ4n) is 1.23. The molecule has 2 aromatic rings. The first-order valence-electron chi connectivity index (χ1n) is 4.25. The molecule has 8 heteroatoms. The molecule has 17 heavy (non-hydrogen) atoms. The Morgan fingerprint density at radius 3 is 2.47 bits per heavy atom. The Balaban J connectivity index is 2.57. The molecule has 0 aliphatic carbocycles. The van der Waals surface area contributed by atoms with Crippen LogP contribution in [0.15, 0.2) is 18.2 Å². The van der Waals surface area contributed by atoms with Gasteiger partial charge in [0.05, 0.1) is 5.56 Å². The summed E-state index contributed by atoms with van der Waals surface area (Å²) in [6.45, 7) is 0. The number of hydrogen-bond donors (Lipinski definition) is 0. The van der Waals surface area contributed by atoms with Crippen LogP contribution in [0.2, 0.25) is 5.28 Å². The first-order chi connectivity index (χ1) is 7.89. The van der Waals surface area contributed by atoms with Crippen molar-refractivity contribution < 1.29 is 17.6 Å². The molecule has 0 radical (unpaired) electrons. The molecule has 0 fully saturated rings. The minimum absolute atomic E-state index is 0.0126. The van der Waals surface area contributed by atoms with Crippen LogP contribution in [0, 0.1) is 5.82 Å². The second-order valence-corrected chi connectivity index (χ2v) is 4.12. The molecule has 0 bridgehead atoms. The van der Waals surface area contributed by atoms with Crippen molar-refractivity contribution in [3.05, 3.63) is 34.9 Å². The molecule has 0 amide bonds. The Labute approximate surface area is 102 Å². The number of benzene rings is 1. The summed E-state index contributed by atoms with van der Waals surface area (Å²) < 4.78 is 54.6. The topological polar surface area (TPSA) is 25.8 Å². The molecule has 2 rings (SSSR count). The van der Waals surface area contributed by atoms with Crippen LogP contribution in [0.1, 0.15) is 5.56 Å². The van der Waals surface area contributed by atoms with Crippen LogP contribution in [0.25, 0.3) is 10.6 Å². The Hall–Kier alpha value is -1.21. The Morgan fingerprint density at radius 1 is 1.24 bits per heavy atom. The lowest BCUT2D eigenvalue weighted by atomic mass is 10.1. The maximum absolute atomic E-state index is 13.6. The van der Waals surface area contributed by atoms with Gasteiger partial charge in [0.15, 0.2) is 0 Å². The maximum atomic E-state index is 13.6. The lowest BCUT2D eigenvalue weighted by Gasteiger charge is -2.09. The molecule has 0 N–H and O–H groups in total. The van der Waals surface area contributed by atoms with Gasteiger partial charge in [-0.3, -0.25) is 0 Å². The van der Waals surface area contributed by atoms with Crippen molar-refractivity contribution in [1.82, 2.24) is 9.36 Å². The van der Waals surface area contributed by atoms with Gasteiger partial charge in [-0.2, -0.15) is 17.5 Å². The quantitative estimate of drug-likeness (QED) is 0.738. The van der Waals surface area contributed by atoms with E-state index in [1.54, 1.807) is 0 Å². The maximum Gasteiger partial charge on any atom is 0.419 e. The smallest absolute Gasteiger partial charge is 0.206 e. The van der Waals surface area contributed by atoms with Crippen LogP contribution in [-0.4, -0.2) is 9.36 Å². The first-order valence-corrected chi connectivity index (χ1v) is 5.40. The third-order valence-electron chi connectivity index (χ3n) is 1.94. The number of alkyl halides is 3. The highest BCUT2D eigenvalue weighted by molar-refractivity contribution is 7.09. The molecule has 2 nitrogen and oxygen atoms in total. The molecule has 90 valence electrons. The average molecular weight is 283 g/mol. The molecule has 1 heterocycles. The van der Waals surface area contributed by atoms with E-state index < -0.39 is 17.6 Å². The molecule has 0 aliphatic rings. The molecule has 0 saturated heterocycles. The van der Waals surface area contributed by atoms with Crippen LogP contribution in [0.4, 0.5) is 17.6 Å². The van der Waals surface area contributed by atoms with Gasteiger partial charge in [0, 0.05) is 5.56 Å². The van der Waals surface area contributed by atoms with E-state index in [0.29, 0.717) is 6.07 Å². The second-order valence-electron chi connectivity index (χ2n) is 3.03. The van der Waals surface area contributed by atoms with Gasteiger partial charge in [-0.05, 0) is 35.3 Å². The zero-order valence-electron chi connectivity index (χ0n) is 7.92. The number of rotatable bonds is 1. The van der Waals surface area contributed by atoms with E-state index in [4.69, 9.17) is 11.6 Å². The molecular weight excluding hydrogens is 280 g/mol. The van der Waals surface area contributed by atoms with E-state index in [2.05, 4.69) is 9.36 Å². The standard InChI is InChI=1S/C9H3ClF4N2S/c10-8-15-7(17-16-8)4-2-1-3-5(6(4)11)9(12,13)14/h1-3H. The molecule has 0 spiro atoms. The fraction of sp³-hybridized carbons (Fsp3) is 0.111. The van der Waals surface area contributed by atoms with E-state index in [1.165, 1.54) is 6.07 Å². The third-order valence-corrected chi connectivity index (χ3v) is 2.95. The predicted octanol–water partition coefficient (Wildman–Crippen LogP) is 4.02. The largest absolute Gasteiger partial charge is 0.419 e. The van der Waals surface area contributed by atoms with Crippen molar-refractivity contribution in [2.24, 2.45) is 0 Å². The summed E-state index contributed by atoms with van der Waals surface area (Å²) in [5, 5.41) is -0.111. The minimum atomic E-state index is -4.74. The summed E-state index contributed by atoms with van der Waals surface area (Å²) in [6, 6.07) is 2.97. The summed E-state index contributed by atoms with van der Waals surface area (Å²) in [6.07, 6.45) is -4.74. The number of nitrogens with zero attached hydrogens (tertiary/aromatic N) is 2. The Kier molecular flexibility index (Phi) is 3.05. The van der Waals surface area contributed by atoms with Gasteiger partial charge in [-0.25, -0.2) is 9.37 Å². The van der Waals surface area contributed by atoms with Gasteiger partial charge < -0.3 is 0 Å². The van der Waals surface area contributed by atoms with E-state index in [-0.39, 0.29) is 15.9 Å².